The van der Waals surface area contributed by atoms with Gasteiger partial charge < -0.3 is 5.73 Å². The van der Waals surface area contributed by atoms with Crippen LogP contribution in [0.4, 0.5) is 17.6 Å². The molecule has 0 fully saturated rings. The van der Waals surface area contributed by atoms with Gasteiger partial charge in [-0.25, -0.2) is 17.6 Å². The normalized spacial score (nSPS) is 12.5. The number of hydrogen-bond acceptors (Lipinski definition) is 1. The Bertz CT molecular complexity index is 620. The van der Waals surface area contributed by atoms with E-state index in [1.54, 1.807) is 0 Å². The first-order valence-corrected chi connectivity index (χ1v) is 6.03. The van der Waals surface area contributed by atoms with Crippen molar-refractivity contribution >= 4 is 0 Å². The minimum Gasteiger partial charge on any atom is -0.324 e. The van der Waals surface area contributed by atoms with E-state index >= 15 is 0 Å². The molecule has 0 aliphatic carbocycles. The fourth-order valence-corrected chi connectivity index (χ4v) is 2.06. The average molecular weight is 283 g/mol. The van der Waals surface area contributed by atoms with Gasteiger partial charge in [-0.05, 0) is 42.7 Å². The van der Waals surface area contributed by atoms with Gasteiger partial charge in [0.15, 0.2) is 0 Å². The third kappa shape index (κ3) is 3.17. The molecule has 0 amide bonds. The standard InChI is InChI=1S/C15H13F4N/c1-8-2-12(14(19)7-13(8)18)15(20)5-9-3-10(16)6-11(17)4-9/h2-4,6-7,15H,5,20H2,1H3. The van der Waals surface area contributed by atoms with Crippen molar-refractivity contribution in [1.29, 1.82) is 0 Å². The number of hydrogen-bond donors (Lipinski definition) is 1. The van der Waals surface area contributed by atoms with Gasteiger partial charge in [-0.15, -0.1) is 0 Å². The number of benzene rings is 2. The molecule has 1 atom stereocenters. The lowest BCUT2D eigenvalue weighted by atomic mass is 9.97. The highest BCUT2D eigenvalue weighted by Crippen LogP contribution is 2.23. The van der Waals surface area contributed by atoms with Crippen LogP contribution in [0.15, 0.2) is 30.3 Å². The Kier molecular flexibility index (Phi) is 4.09. The predicted octanol–water partition coefficient (Wildman–Crippen LogP) is 3.79. The molecule has 2 N–H and O–H groups in total. The van der Waals surface area contributed by atoms with Crippen molar-refractivity contribution in [3.05, 3.63) is 70.3 Å². The van der Waals surface area contributed by atoms with E-state index in [0.717, 1.165) is 24.3 Å². The van der Waals surface area contributed by atoms with E-state index < -0.39 is 29.3 Å². The Morgan fingerprint density at radius 3 is 2.10 bits per heavy atom. The van der Waals surface area contributed by atoms with Gasteiger partial charge in [-0.1, -0.05) is 0 Å². The molecule has 0 aliphatic heterocycles. The second-order valence-electron chi connectivity index (χ2n) is 4.71. The summed E-state index contributed by atoms with van der Waals surface area (Å²) in [6, 6.07) is 4.28. The lowest BCUT2D eigenvalue weighted by molar-refractivity contribution is 0.547. The predicted molar refractivity (Wildman–Crippen MR) is 68.1 cm³/mol. The van der Waals surface area contributed by atoms with Gasteiger partial charge in [0.05, 0.1) is 0 Å². The molecule has 0 saturated carbocycles. The SMILES string of the molecule is Cc1cc(C(N)Cc2cc(F)cc(F)c2)c(F)cc1F. The summed E-state index contributed by atoms with van der Waals surface area (Å²) < 4.78 is 53.0. The van der Waals surface area contributed by atoms with Gasteiger partial charge in [0.25, 0.3) is 0 Å². The summed E-state index contributed by atoms with van der Waals surface area (Å²) in [6.07, 6.45) is 0.0523. The first kappa shape index (κ1) is 14.5. The fourth-order valence-electron chi connectivity index (χ4n) is 2.06. The Hall–Kier alpha value is -1.88. The van der Waals surface area contributed by atoms with E-state index in [4.69, 9.17) is 5.73 Å². The molecule has 0 spiro atoms. The van der Waals surface area contributed by atoms with Crippen LogP contribution < -0.4 is 5.73 Å². The van der Waals surface area contributed by atoms with Gasteiger partial charge in [-0.2, -0.15) is 0 Å². The van der Waals surface area contributed by atoms with E-state index in [1.165, 1.54) is 13.0 Å². The second-order valence-corrected chi connectivity index (χ2v) is 4.71. The number of halogens is 4. The Morgan fingerprint density at radius 1 is 0.900 bits per heavy atom. The highest BCUT2D eigenvalue weighted by Gasteiger charge is 2.15. The summed E-state index contributed by atoms with van der Waals surface area (Å²) in [6.45, 7) is 1.49. The molecule has 0 heterocycles. The lowest BCUT2D eigenvalue weighted by Gasteiger charge is -2.14. The zero-order valence-electron chi connectivity index (χ0n) is 10.8. The number of rotatable bonds is 3. The number of aryl methyl sites for hydroxylation is 1. The van der Waals surface area contributed by atoms with E-state index in [-0.39, 0.29) is 17.5 Å². The third-order valence-corrected chi connectivity index (χ3v) is 3.06. The maximum atomic E-state index is 13.7. The van der Waals surface area contributed by atoms with Crippen molar-refractivity contribution in [2.75, 3.05) is 0 Å². The molecular weight excluding hydrogens is 270 g/mol. The van der Waals surface area contributed by atoms with Crippen LogP contribution in [0.5, 0.6) is 0 Å². The third-order valence-electron chi connectivity index (χ3n) is 3.06. The van der Waals surface area contributed by atoms with Crippen molar-refractivity contribution in [2.24, 2.45) is 5.73 Å². The summed E-state index contributed by atoms with van der Waals surface area (Å²) in [5.41, 5.74) is 6.54. The van der Waals surface area contributed by atoms with Gasteiger partial charge in [0.2, 0.25) is 0 Å². The largest absolute Gasteiger partial charge is 0.324 e. The second kappa shape index (κ2) is 5.63. The Morgan fingerprint density at radius 2 is 1.50 bits per heavy atom. The summed E-state index contributed by atoms with van der Waals surface area (Å²) >= 11 is 0. The van der Waals surface area contributed by atoms with Crippen LogP contribution in [0, 0.1) is 30.2 Å². The van der Waals surface area contributed by atoms with Crippen molar-refractivity contribution in [3.8, 4) is 0 Å². The monoisotopic (exact) mass is 283 g/mol. The van der Waals surface area contributed by atoms with E-state index in [2.05, 4.69) is 0 Å². The molecule has 0 aromatic heterocycles. The van der Waals surface area contributed by atoms with Gasteiger partial charge in [0, 0.05) is 23.7 Å². The molecule has 1 nitrogen and oxygen atoms in total. The van der Waals surface area contributed by atoms with Gasteiger partial charge >= 0.3 is 0 Å². The molecule has 0 radical (unpaired) electrons. The topological polar surface area (TPSA) is 26.0 Å². The highest BCUT2D eigenvalue weighted by atomic mass is 19.1. The molecule has 0 bridgehead atoms. The molecule has 2 aromatic rings. The van der Waals surface area contributed by atoms with Crippen LogP contribution in [0.25, 0.3) is 0 Å². The first-order valence-electron chi connectivity index (χ1n) is 6.03. The van der Waals surface area contributed by atoms with E-state index in [0.29, 0.717) is 5.56 Å². The summed E-state index contributed by atoms with van der Waals surface area (Å²) in [5, 5.41) is 0. The molecule has 20 heavy (non-hydrogen) atoms. The lowest BCUT2D eigenvalue weighted by Crippen LogP contribution is -2.16. The van der Waals surface area contributed by atoms with Crippen LogP contribution >= 0.6 is 0 Å². The van der Waals surface area contributed by atoms with Crippen LogP contribution in [0.1, 0.15) is 22.7 Å². The van der Waals surface area contributed by atoms with Crippen LogP contribution in [-0.4, -0.2) is 0 Å². The van der Waals surface area contributed by atoms with E-state index in [1.807, 2.05) is 0 Å². The molecule has 5 heteroatoms. The summed E-state index contributed by atoms with van der Waals surface area (Å²) in [5.74, 6) is -2.86. The number of nitrogens with two attached hydrogens (primary N) is 1. The van der Waals surface area contributed by atoms with Crippen molar-refractivity contribution in [3.63, 3.8) is 0 Å². The molecule has 0 saturated heterocycles. The minimum atomic E-state index is -0.810. The van der Waals surface area contributed by atoms with Crippen LogP contribution in [0.2, 0.25) is 0 Å². The smallest absolute Gasteiger partial charge is 0.130 e. The van der Waals surface area contributed by atoms with Crippen molar-refractivity contribution in [2.45, 2.75) is 19.4 Å². The summed E-state index contributed by atoms with van der Waals surface area (Å²) in [4.78, 5) is 0. The quantitative estimate of drug-likeness (QED) is 0.852. The molecule has 1 unspecified atom stereocenters. The van der Waals surface area contributed by atoms with Gasteiger partial charge in [-0.3, -0.25) is 0 Å². The minimum absolute atomic E-state index is 0.0523. The average Bonchev–Trinajstić information content (AvgIpc) is 2.32. The molecule has 106 valence electrons. The molecular formula is C15H13F4N. The highest BCUT2D eigenvalue weighted by molar-refractivity contribution is 5.30. The van der Waals surface area contributed by atoms with Crippen molar-refractivity contribution < 1.29 is 17.6 Å². The van der Waals surface area contributed by atoms with Crippen LogP contribution in [0.3, 0.4) is 0 Å². The summed E-state index contributed by atoms with van der Waals surface area (Å²) in [7, 11) is 0. The fraction of sp³-hybridized carbons (Fsp3) is 0.200. The zero-order chi connectivity index (χ0) is 14.9. The Labute approximate surface area is 114 Å². The zero-order valence-corrected chi connectivity index (χ0v) is 10.8. The van der Waals surface area contributed by atoms with Crippen molar-refractivity contribution in [1.82, 2.24) is 0 Å². The molecule has 2 rings (SSSR count). The maximum absolute atomic E-state index is 13.7. The maximum Gasteiger partial charge on any atom is 0.130 e. The Balaban J connectivity index is 2.28. The van der Waals surface area contributed by atoms with E-state index in [9.17, 15) is 17.6 Å². The van der Waals surface area contributed by atoms with Crippen LogP contribution in [-0.2, 0) is 6.42 Å². The molecule has 0 aliphatic rings. The molecule has 2 aromatic carbocycles. The first-order chi connectivity index (χ1) is 9.36. The van der Waals surface area contributed by atoms with Gasteiger partial charge in [0.1, 0.15) is 23.3 Å².